The van der Waals surface area contributed by atoms with Gasteiger partial charge in [-0.15, -0.1) is 10.2 Å². The van der Waals surface area contributed by atoms with Crippen LogP contribution in [0.4, 0.5) is 5.13 Å². The summed E-state index contributed by atoms with van der Waals surface area (Å²) >= 11 is 1.56. The second-order valence-corrected chi connectivity index (χ2v) is 4.11. The summed E-state index contributed by atoms with van der Waals surface area (Å²) in [6, 6.07) is 3.96. The van der Waals surface area contributed by atoms with E-state index in [-0.39, 0.29) is 0 Å². The molecule has 0 saturated carbocycles. The molecule has 0 fully saturated rings. The van der Waals surface area contributed by atoms with Gasteiger partial charge < -0.3 is 5.32 Å². The normalized spacial score (nSPS) is 10.3. The number of aryl methyl sites for hydroxylation is 1. The molecule has 2 aromatic rings. The van der Waals surface area contributed by atoms with E-state index in [4.69, 9.17) is 0 Å². The third kappa shape index (κ3) is 2.30. The molecule has 2 rings (SSSR count). The first kappa shape index (κ1) is 10.0. The van der Waals surface area contributed by atoms with Gasteiger partial charge in [0.1, 0.15) is 5.01 Å². The van der Waals surface area contributed by atoms with Gasteiger partial charge in [0.2, 0.25) is 5.13 Å². The third-order valence-electron chi connectivity index (χ3n) is 1.90. The number of hydrogen-bond donors (Lipinski definition) is 1. The average Bonchev–Trinajstić information content (AvgIpc) is 2.67. The molecule has 0 aliphatic carbocycles. The van der Waals surface area contributed by atoms with Gasteiger partial charge >= 0.3 is 0 Å². The van der Waals surface area contributed by atoms with Gasteiger partial charge in [0.15, 0.2) is 0 Å². The van der Waals surface area contributed by atoms with Crippen LogP contribution in [0.3, 0.4) is 0 Å². The van der Waals surface area contributed by atoms with E-state index in [0.717, 1.165) is 27.9 Å². The maximum absolute atomic E-state index is 4.15. The Morgan fingerprint density at radius 3 is 3.00 bits per heavy atom. The van der Waals surface area contributed by atoms with Crippen molar-refractivity contribution in [1.82, 2.24) is 15.2 Å². The molecule has 0 amide bonds. The Balaban J connectivity index is 2.29. The fourth-order valence-electron chi connectivity index (χ4n) is 1.24. The molecule has 5 heteroatoms. The predicted molar refractivity (Wildman–Crippen MR) is 62.0 cm³/mol. The lowest BCUT2D eigenvalue weighted by atomic mass is 10.2. The minimum absolute atomic E-state index is 0.863. The summed E-state index contributed by atoms with van der Waals surface area (Å²) in [5, 5.41) is 13.1. The lowest BCUT2D eigenvalue weighted by Crippen LogP contribution is -1.94. The molecular weight excluding hydrogens is 208 g/mol. The number of pyridine rings is 1. The first-order valence-electron chi connectivity index (χ1n) is 4.80. The predicted octanol–water partition coefficient (Wildman–Crippen LogP) is 2.34. The van der Waals surface area contributed by atoms with Crippen molar-refractivity contribution < 1.29 is 0 Å². The van der Waals surface area contributed by atoms with Crippen molar-refractivity contribution in [3.63, 3.8) is 0 Å². The monoisotopic (exact) mass is 220 g/mol. The van der Waals surface area contributed by atoms with Gasteiger partial charge in [-0.05, 0) is 26.0 Å². The molecular formula is C10H12N4S. The van der Waals surface area contributed by atoms with Crippen molar-refractivity contribution in [1.29, 1.82) is 0 Å². The highest BCUT2D eigenvalue weighted by Crippen LogP contribution is 2.25. The molecule has 2 heterocycles. The largest absolute Gasteiger partial charge is 0.360 e. The smallest absolute Gasteiger partial charge is 0.205 e. The average molecular weight is 220 g/mol. The Morgan fingerprint density at radius 2 is 2.27 bits per heavy atom. The summed E-state index contributed by atoms with van der Waals surface area (Å²) in [7, 11) is 0. The molecule has 0 aliphatic rings. The third-order valence-corrected chi connectivity index (χ3v) is 2.83. The standard InChI is InChI=1S/C10H12N4S/c1-3-11-10-14-13-9(15-10)8-4-5-12-7(2)6-8/h4-6H,3H2,1-2H3,(H,11,14). The van der Waals surface area contributed by atoms with Crippen molar-refractivity contribution in [2.75, 3.05) is 11.9 Å². The fourth-order valence-corrected chi connectivity index (χ4v) is 2.05. The molecule has 0 bridgehead atoms. The summed E-state index contributed by atoms with van der Waals surface area (Å²) in [6.07, 6.45) is 1.79. The molecule has 78 valence electrons. The Kier molecular flexibility index (Phi) is 2.91. The van der Waals surface area contributed by atoms with Crippen molar-refractivity contribution in [3.8, 4) is 10.6 Å². The van der Waals surface area contributed by atoms with Crippen LogP contribution < -0.4 is 5.32 Å². The molecule has 0 unspecified atom stereocenters. The number of hydrogen-bond acceptors (Lipinski definition) is 5. The molecule has 4 nitrogen and oxygen atoms in total. The van der Waals surface area contributed by atoms with E-state index in [1.807, 2.05) is 26.0 Å². The maximum Gasteiger partial charge on any atom is 0.205 e. The van der Waals surface area contributed by atoms with Crippen LogP contribution >= 0.6 is 11.3 Å². The number of aromatic nitrogens is 3. The lowest BCUT2D eigenvalue weighted by Gasteiger charge is -1.95. The molecule has 0 saturated heterocycles. The molecule has 0 aromatic carbocycles. The first-order valence-corrected chi connectivity index (χ1v) is 5.61. The summed E-state index contributed by atoms with van der Waals surface area (Å²) in [5.41, 5.74) is 2.07. The molecule has 0 spiro atoms. The Hall–Kier alpha value is -1.49. The summed E-state index contributed by atoms with van der Waals surface area (Å²) in [6.45, 7) is 4.87. The first-order chi connectivity index (χ1) is 7.29. The molecule has 15 heavy (non-hydrogen) atoms. The number of nitrogens with zero attached hydrogens (tertiary/aromatic N) is 3. The highest BCUT2D eigenvalue weighted by molar-refractivity contribution is 7.18. The summed E-state index contributed by atoms with van der Waals surface area (Å²) in [4.78, 5) is 4.15. The van der Waals surface area contributed by atoms with E-state index in [0.29, 0.717) is 0 Å². The maximum atomic E-state index is 4.15. The van der Waals surface area contributed by atoms with E-state index in [2.05, 4.69) is 20.5 Å². The van der Waals surface area contributed by atoms with Gasteiger partial charge in [-0.25, -0.2) is 0 Å². The van der Waals surface area contributed by atoms with E-state index in [9.17, 15) is 0 Å². The van der Waals surface area contributed by atoms with Gasteiger partial charge in [0.05, 0.1) is 0 Å². The molecule has 0 aliphatic heterocycles. The number of nitrogens with one attached hydrogen (secondary N) is 1. The Morgan fingerprint density at radius 1 is 1.40 bits per heavy atom. The van der Waals surface area contributed by atoms with Crippen LogP contribution in [0.1, 0.15) is 12.6 Å². The van der Waals surface area contributed by atoms with Gasteiger partial charge in [-0.1, -0.05) is 11.3 Å². The topological polar surface area (TPSA) is 50.7 Å². The van der Waals surface area contributed by atoms with Gasteiger partial charge in [0, 0.05) is 24.0 Å². The zero-order valence-electron chi connectivity index (χ0n) is 8.69. The van der Waals surface area contributed by atoms with Gasteiger partial charge in [-0.2, -0.15) is 0 Å². The number of anilines is 1. The van der Waals surface area contributed by atoms with Crippen molar-refractivity contribution >= 4 is 16.5 Å². The van der Waals surface area contributed by atoms with E-state index in [1.165, 1.54) is 0 Å². The Bertz CT molecular complexity index is 452. The van der Waals surface area contributed by atoms with Crippen LogP contribution in [-0.4, -0.2) is 21.7 Å². The van der Waals surface area contributed by atoms with Crippen LogP contribution in [0.2, 0.25) is 0 Å². The van der Waals surface area contributed by atoms with Crippen LogP contribution in [-0.2, 0) is 0 Å². The SMILES string of the molecule is CCNc1nnc(-c2ccnc(C)c2)s1. The van der Waals surface area contributed by atoms with Crippen LogP contribution in [0.25, 0.3) is 10.6 Å². The number of rotatable bonds is 3. The highest BCUT2D eigenvalue weighted by atomic mass is 32.1. The molecule has 0 atom stereocenters. The van der Waals surface area contributed by atoms with E-state index < -0.39 is 0 Å². The molecule has 1 N–H and O–H groups in total. The summed E-state index contributed by atoms with van der Waals surface area (Å²) < 4.78 is 0. The molecule has 0 radical (unpaired) electrons. The zero-order valence-corrected chi connectivity index (χ0v) is 9.51. The summed E-state index contributed by atoms with van der Waals surface area (Å²) in [5.74, 6) is 0. The Labute approximate surface area is 92.4 Å². The van der Waals surface area contributed by atoms with E-state index >= 15 is 0 Å². The lowest BCUT2D eigenvalue weighted by molar-refractivity contribution is 1.07. The zero-order chi connectivity index (χ0) is 10.7. The second-order valence-electron chi connectivity index (χ2n) is 3.13. The minimum atomic E-state index is 0.863. The van der Waals surface area contributed by atoms with Crippen LogP contribution in [0, 0.1) is 6.92 Å². The minimum Gasteiger partial charge on any atom is -0.360 e. The van der Waals surface area contributed by atoms with Gasteiger partial charge in [-0.3, -0.25) is 4.98 Å². The van der Waals surface area contributed by atoms with Crippen molar-refractivity contribution in [2.45, 2.75) is 13.8 Å². The highest BCUT2D eigenvalue weighted by Gasteiger charge is 2.05. The quantitative estimate of drug-likeness (QED) is 0.862. The second kappa shape index (κ2) is 4.35. The van der Waals surface area contributed by atoms with Crippen molar-refractivity contribution in [2.24, 2.45) is 0 Å². The van der Waals surface area contributed by atoms with Gasteiger partial charge in [0.25, 0.3) is 0 Å². The fraction of sp³-hybridized carbons (Fsp3) is 0.300. The van der Waals surface area contributed by atoms with Crippen LogP contribution in [0.5, 0.6) is 0 Å². The van der Waals surface area contributed by atoms with E-state index in [1.54, 1.807) is 17.5 Å². The molecule has 2 aromatic heterocycles. The van der Waals surface area contributed by atoms with Crippen molar-refractivity contribution in [3.05, 3.63) is 24.0 Å². The van der Waals surface area contributed by atoms with Crippen LogP contribution in [0.15, 0.2) is 18.3 Å².